The lowest BCUT2D eigenvalue weighted by Gasteiger charge is -2.29. The molecule has 1 saturated heterocycles. The van der Waals surface area contributed by atoms with Crippen molar-refractivity contribution in [1.29, 1.82) is 0 Å². The fourth-order valence-corrected chi connectivity index (χ4v) is 2.45. The molecule has 1 atom stereocenters. The van der Waals surface area contributed by atoms with Crippen molar-refractivity contribution < 1.29 is 4.79 Å². The monoisotopic (exact) mass is 286 g/mol. The summed E-state index contributed by atoms with van der Waals surface area (Å²) in [7, 11) is 3.95. The zero-order valence-corrected chi connectivity index (χ0v) is 13.1. The van der Waals surface area contributed by atoms with Gasteiger partial charge in [0.15, 0.2) is 0 Å². The van der Waals surface area contributed by atoms with Crippen LogP contribution in [0.25, 0.3) is 0 Å². The van der Waals surface area contributed by atoms with E-state index in [4.69, 9.17) is 18.0 Å². The van der Waals surface area contributed by atoms with Gasteiger partial charge in [-0.05, 0) is 26.9 Å². The molecule has 110 valence electrons. The summed E-state index contributed by atoms with van der Waals surface area (Å²) in [6.45, 7) is 6.39. The number of likely N-dealkylation sites (N-methyl/N-ethyl adjacent to an activating group) is 2. The molecule has 1 unspecified atom stereocenters. The van der Waals surface area contributed by atoms with Crippen LogP contribution in [0.4, 0.5) is 0 Å². The Labute approximate surface area is 121 Å². The van der Waals surface area contributed by atoms with Gasteiger partial charge in [0, 0.05) is 39.1 Å². The van der Waals surface area contributed by atoms with Gasteiger partial charge in [-0.1, -0.05) is 12.2 Å². The molecule has 0 aromatic rings. The van der Waals surface area contributed by atoms with Crippen LogP contribution in [0.5, 0.6) is 0 Å². The molecule has 2 N–H and O–H groups in total. The van der Waals surface area contributed by atoms with Crippen LogP contribution in [0.15, 0.2) is 0 Å². The number of nitrogens with zero attached hydrogens (tertiary/aromatic N) is 3. The molecule has 0 radical (unpaired) electrons. The van der Waals surface area contributed by atoms with Gasteiger partial charge in [0.2, 0.25) is 5.91 Å². The molecule has 0 saturated carbocycles. The van der Waals surface area contributed by atoms with Crippen molar-refractivity contribution >= 4 is 23.1 Å². The normalized spacial score (nSPS) is 21.9. The largest absolute Gasteiger partial charge is 0.393 e. The first-order chi connectivity index (χ1) is 8.90. The predicted molar refractivity (Wildman–Crippen MR) is 82.2 cm³/mol. The molecule has 0 aromatic heterocycles. The Hall–Kier alpha value is -0.720. The Bertz CT molecular complexity index is 324. The number of hydrogen-bond donors (Lipinski definition) is 1. The molecule has 5 nitrogen and oxygen atoms in total. The smallest absolute Gasteiger partial charge is 0.236 e. The van der Waals surface area contributed by atoms with Crippen LogP contribution in [-0.4, -0.2) is 78.5 Å². The van der Waals surface area contributed by atoms with Gasteiger partial charge in [-0.2, -0.15) is 0 Å². The lowest BCUT2D eigenvalue weighted by atomic mass is 10.2. The first-order valence-corrected chi connectivity index (χ1v) is 7.26. The molecule has 1 aliphatic rings. The molecule has 0 aliphatic carbocycles. The fourth-order valence-electron chi connectivity index (χ4n) is 2.35. The third kappa shape index (κ3) is 5.84. The van der Waals surface area contributed by atoms with E-state index in [0.717, 1.165) is 26.1 Å². The molecular formula is C13H26N4OS. The number of nitrogens with two attached hydrogens (primary N) is 1. The number of carbonyl (C=O) groups is 1. The van der Waals surface area contributed by atoms with Crippen LogP contribution in [-0.2, 0) is 4.79 Å². The molecular weight excluding hydrogens is 260 g/mol. The lowest BCUT2D eigenvalue weighted by Crippen LogP contribution is -2.45. The minimum Gasteiger partial charge on any atom is -0.393 e. The summed E-state index contributed by atoms with van der Waals surface area (Å²) >= 11 is 4.84. The minimum absolute atomic E-state index is 0.146. The standard InChI is InChI=1S/C13H26N4OS/c1-11-9-15(2)6-4-7-17(11)10-13(18)16(3)8-5-12(14)19/h11H,4-10H2,1-3H3,(H2,14,19). The minimum atomic E-state index is 0.146. The van der Waals surface area contributed by atoms with E-state index in [1.54, 1.807) is 4.90 Å². The van der Waals surface area contributed by atoms with Crippen LogP contribution in [0, 0.1) is 0 Å². The lowest BCUT2D eigenvalue weighted by molar-refractivity contribution is -0.131. The second-order valence-corrected chi connectivity index (χ2v) is 5.99. The van der Waals surface area contributed by atoms with E-state index in [1.165, 1.54) is 0 Å². The predicted octanol–water partition coefficient (Wildman–Crippen LogP) is 0.147. The maximum atomic E-state index is 12.1. The summed E-state index contributed by atoms with van der Waals surface area (Å²) in [6, 6.07) is 0.417. The first kappa shape index (κ1) is 16.3. The van der Waals surface area contributed by atoms with E-state index < -0.39 is 0 Å². The van der Waals surface area contributed by atoms with Gasteiger partial charge in [0.1, 0.15) is 0 Å². The molecule has 0 aromatic carbocycles. The topological polar surface area (TPSA) is 52.8 Å². The molecule has 6 heteroatoms. The third-order valence-corrected chi connectivity index (χ3v) is 3.85. The van der Waals surface area contributed by atoms with E-state index in [0.29, 0.717) is 30.5 Å². The van der Waals surface area contributed by atoms with Crippen molar-refractivity contribution in [2.75, 3.05) is 46.8 Å². The summed E-state index contributed by atoms with van der Waals surface area (Å²) in [5.74, 6) is 0.146. The number of amides is 1. The summed E-state index contributed by atoms with van der Waals surface area (Å²) in [4.78, 5) is 18.9. The van der Waals surface area contributed by atoms with Crippen molar-refractivity contribution in [3.05, 3.63) is 0 Å². The van der Waals surface area contributed by atoms with Gasteiger partial charge < -0.3 is 15.5 Å². The van der Waals surface area contributed by atoms with Crippen molar-refractivity contribution in [2.45, 2.75) is 25.8 Å². The Morgan fingerprint density at radius 2 is 2.16 bits per heavy atom. The Morgan fingerprint density at radius 1 is 1.47 bits per heavy atom. The Morgan fingerprint density at radius 3 is 2.79 bits per heavy atom. The van der Waals surface area contributed by atoms with Crippen LogP contribution in [0.3, 0.4) is 0 Å². The van der Waals surface area contributed by atoms with Gasteiger partial charge in [-0.3, -0.25) is 9.69 Å². The highest BCUT2D eigenvalue weighted by atomic mass is 32.1. The highest BCUT2D eigenvalue weighted by Crippen LogP contribution is 2.08. The first-order valence-electron chi connectivity index (χ1n) is 6.85. The second-order valence-electron chi connectivity index (χ2n) is 5.47. The summed E-state index contributed by atoms with van der Waals surface area (Å²) < 4.78 is 0. The SMILES string of the molecule is CC1CN(C)CCCN1CC(=O)N(C)CCC(N)=S. The molecule has 1 heterocycles. The summed E-state index contributed by atoms with van der Waals surface area (Å²) in [6.07, 6.45) is 1.71. The van der Waals surface area contributed by atoms with E-state index in [-0.39, 0.29) is 5.91 Å². The molecule has 1 rings (SSSR count). The van der Waals surface area contributed by atoms with Crippen molar-refractivity contribution in [3.63, 3.8) is 0 Å². The van der Waals surface area contributed by atoms with E-state index in [9.17, 15) is 4.79 Å². The van der Waals surface area contributed by atoms with Gasteiger partial charge >= 0.3 is 0 Å². The quantitative estimate of drug-likeness (QED) is 0.729. The molecule has 1 amide bonds. The van der Waals surface area contributed by atoms with Gasteiger partial charge in [0.25, 0.3) is 0 Å². The Kier molecular flexibility index (Phi) is 6.68. The summed E-state index contributed by atoms with van der Waals surface area (Å²) in [5.41, 5.74) is 5.46. The number of rotatable bonds is 5. The zero-order valence-electron chi connectivity index (χ0n) is 12.3. The number of thiocarbonyl (C=S) groups is 1. The highest BCUT2D eigenvalue weighted by molar-refractivity contribution is 7.80. The average Bonchev–Trinajstić information content (AvgIpc) is 2.48. The number of hydrogen-bond acceptors (Lipinski definition) is 4. The molecule has 1 aliphatic heterocycles. The highest BCUT2D eigenvalue weighted by Gasteiger charge is 2.22. The number of carbonyl (C=O) groups excluding carboxylic acids is 1. The van der Waals surface area contributed by atoms with Crippen molar-refractivity contribution in [2.24, 2.45) is 5.73 Å². The van der Waals surface area contributed by atoms with Crippen molar-refractivity contribution in [1.82, 2.24) is 14.7 Å². The van der Waals surface area contributed by atoms with Crippen LogP contribution in [0.1, 0.15) is 19.8 Å². The van der Waals surface area contributed by atoms with Crippen LogP contribution >= 0.6 is 12.2 Å². The summed E-state index contributed by atoms with van der Waals surface area (Å²) in [5, 5.41) is 0. The van der Waals surface area contributed by atoms with E-state index >= 15 is 0 Å². The van der Waals surface area contributed by atoms with Gasteiger partial charge in [0.05, 0.1) is 11.5 Å². The maximum Gasteiger partial charge on any atom is 0.236 e. The Balaban J connectivity index is 2.43. The molecule has 0 spiro atoms. The van der Waals surface area contributed by atoms with Crippen molar-refractivity contribution in [3.8, 4) is 0 Å². The van der Waals surface area contributed by atoms with Crippen LogP contribution in [0.2, 0.25) is 0 Å². The molecule has 19 heavy (non-hydrogen) atoms. The molecule has 1 fully saturated rings. The zero-order chi connectivity index (χ0) is 14.4. The van der Waals surface area contributed by atoms with Gasteiger partial charge in [-0.15, -0.1) is 0 Å². The van der Waals surface area contributed by atoms with E-state index in [2.05, 4.69) is 23.8 Å². The maximum absolute atomic E-state index is 12.1. The molecule has 0 bridgehead atoms. The van der Waals surface area contributed by atoms with Crippen LogP contribution < -0.4 is 5.73 Å². The second kappa shape index (κ2) is 7.77. The fraction of sp³-hybridized carbons (Fsp3) is 0.846. The van der Waals surface area contributed by atoms with Gasteiger partial charge in [-0.25, -0.2) is 0 Å². The third-order valence-electron chi connectivity index (χ3n) is 3.64. The average molecular weight is 286 g/mol. The van der Waals surface area contributed by atoms with E-state index in [1.807, 2.05) is 7.05 Å².